The topological polar surface area (TPSA) is 219 Å². The van der Waals surface area contributed by atoms with Gasteiger partial charge in [0.25, 0.3) is 10.1 Å². The zero-order valence-corrected chi connectivity index (χ0v) is 32.4. The molecule has 5 rings (SSSR count). The molecule has 4 N–H and O–H groups in total. The lowest BCUT2D eigenvalue weighted by atomic mass is 9.98. The molecule has 0 fully saturated rings. The monoisotopic (exact) mass is 796 g/mol. The molecule has 56 heavy (non-hydrogen) atoms. The smallest absolute Gasteiger partial charge is 0.424 e. The van der Waals surface area contributed by atoms with E-state index in [1.165, 1.54) is 5.01 Å². The van der Waals surface area contributed by atoms with Gasteiger partial charge < -0.3 is 34.5 Å². The number of amides is 3. The van der Waals surface area contributed by atoms with Gasteiger partial charge in [0.1, 0.15) is 12.3 Å². The van der Waals surface area contributed by atoms with E-state index >= 15 is 0 Å². The molecule has 2 aromatic carbocycles. The predicted octanol–water partition coefficient (Wildman–Crippen LogP) is 2.90. The number of aryl methyl sites for hydroxylation is 1. The van der Waals surface area contributed by atoms with Gasteiger partial charge in [0.05, 0.1) is 52.2 Å². The van der Waals surface area contributed by atoms with Crippen LogP contribution in [0.1, 0.15) is 35.6 Å². The lowest BCUT2D eigenvalue weighted by molar-refractivity contribution is -0.138. The summed E-state index contributed by atoms with van der Waals surface area (Å²) in [6.07, 6.45) is 1.97. The maximum absolute atomic E-state index is 13.2. The van der Waals surface area contributed by atoms with Crippen molar-refractivity contribution in [1.82, 2.24) is 30.2 Å². The molecule has 2 aromatic heterocycles. The first kappa shape index (κ1) is 43.3. The quantitative estimate of drug-likeness (QED) is 0.0611. The molecule has 0 unspecified atom stereocenters. The van der Waals surface area contributed by atoms with Crippen LogP contribution in [0, 0.1) is 0 Å². The minimum absolute atomic E-state index is 0.0467. The number of hydrogen-bond donors (Lipinski definition) is 4. The molecule has 0 radical (unpaired) electrons. The van der Waals surface area contributed by atoms with E-state index in [2.05, 4.69) is 39.9 Å². The summed E-state index contributed by atoms with van der Waals surface area (Å²) in [4.78, 5) is 53.1. The Morgan fingerprint density at radius 3 is 2.12 bits per heavy atom. The molecule has 0 saturated carbocycles. The number of hydrazine groups is 1. The molecule has 3 amide bonds. The number of nitrogens with zero attached hydrogens (tertiary/aromatic N) is 4. The minimum Gasteiger partial charge on any atom is -0.481 e. The van der Waals surface area contributed by atoms with Crippen molar-refractivity contribution in [1.29, 1.82) is 0 Å². The Bertz CT molecular complexity index is 2020. The van der Waals surface area contributed by atoms with Crippen molar-refractivity contribution >= 4 is 45.0 Å². The maximum atomic E-state index is 13.2. The van der Waals surface area contributed by atoms with Crippen molar-refractivity contribution in [3.63, 3.8) is 0 Å². The number of carboxylic acids is 1. The number of aliphatic carboxylic acids is 1. The summed E-state index contributed by atoms with van der Waals surface area (Å²) in [5.74, 6) is -1.62. The third-order valence-corrected chi connectivity index (χ3v) is 8.65. The van der Waals surface area contributed by atoms with E-state index in [0.717, 1.165) is 33.3 Å². The van der Waals surface area contributed by atoms with E-state index in [-0.39, 0.29) is 76.7 Å². The zero-order chi connectivity index (χ0) is 40.7. The third kappa shape index (κ3) is 13.4. The lowest BCUT2D eigenvalue weighted by Gasteiger charge is -2.28. The number of hydrogen-bond acceptors (Lipinski definition) is 11. The SMILES string of the molecule is CN(Cc1cc2cccnc2n1CCC(=O)NCC(=O)NCCOCCOCCC(=O)O)N(C)C(=O)OCC1c2ccccc2-c2ccccc21.CS(=O)(=O)O. The summed E-state index contributed by atoms with van der Waals surface area (Å²) in [6, 6.07) is 22.2. The highest BCUT2D eigenvalue weighted by molar-refractivity contribution is 7.85. The molecule has 18 heteroatoms. The third-order valence-electron chi connectivity index (χ3n) is 8.65. The van der Waals surface area contributed by atoms with Crippen molar-refractivity contribution in [2.45, 2.75) is 31.8 Å². The molecule has 0 saturated heterocycles. The molecular weight excluding hydrogens is 749 g/mol. The van der Waals surface area contributed by atoms with Crippen LogP contribution in [0.25, 0.3) is 22.2 Å². The van der Waals surface area contributed by atoms with Crippen LogP contribution >= 0.6 is 0 Å². The number of aromatic nitrogens is 2. The fraction of sp³-hybridized carbons (Fsp3) is 0.395. The van der Waals surface area contributed by atoms with Crippen LogP contribution < -0.4 is 10.6 Å². The second-order valence-electron chi connectivity index (χ2n) is 12.8. The molecular formula is C38H48N6O11S. The van der Waals surface area contributed by atoms with Crippen LogP contribution in [0.5, 0.6) is 0 Å². The van der Waals surface area contributed by atoms with Gasteiger partial charge >= 0.3 is 12.1 Å². The maximum Gasteiger partial charge on any atom is 0.424 e. The molecule has 2 heterocycles. The van der Waals surface area contributed by atoms with Gasteiger partial charge in [0.15, 0.2) is 0 Å². The van der Waals surface area contributed by atoms with E-state index in [0.29, 0.717) is 25.0 Å². The normalized spacial score (nSPS) is 12.0. The van der Waals surface area contributed by atoms with Gasteiger partial charge in [-0.05, 0) is 40.5 Å². The van der Waals surface area contributed by atoms with Gasteiger partial charge in [-0.1, -0.05) is 48.5 Å². The summed E-state index contributed by atoms with van der Waals surface area (Å²) in [5, 5.41) is 18.0. The number of carbonyl (C=O) groups is 4. The number of ether oxygens (including phenoxy) is 3. The van der Waals surface area contributed by atoms with Crippen molar-refractivity contribution in [3.8, 4) is 11.1 Å². The van der Waals surface area contributed by atoms with Crippen LogP contribution in [-0.4, -0.2) is 128 Å². The first-order valence-corrected chi connectivity index (χ1v) is 19.6. The summed E-state index contributed by atoms with van der Waals surface area (Å²) >= 11 is 0. The van der Waals surface area contributed by atoms with Crippen molar-refractivity contribution < 1.29 is 51.5 Å². The number of benzene rings is 2. The minimum atomic E-state index is -3.67. The van der Waals surface area contributed by atoms with Gasteiger partial charge in [0, 0.05) is 56.8 Å². The number of rotatable bonds is 19. The summed E-state index contributed by atoms with van der Waals surface area (Å²) < 4.78 is 44.1. The summed E-state index contributed by atoms with van der Waals surface area (Å²) in [6.45, 7) is 1.85. The standard InChI is InChI=1S/C37H44N6O8.CH4O3S/c1-41(42(2)37(48)51-25-32-30-11-5-3-9-28(30)29-10-4-6-12-31(29)32)24-27-22-26-8-7-15-39-36(26)43(27)17-13-33(44)40-23-34(45)38-16-19-50-21-20-49-18-14-35(46)47;1-5(2,3)4/h3-12,15,22,32H,13-14,16-21,23-25H2,1-2H3,(H,38,45)(H,40,44)(H,46,47);1H3,(H,2,3,4). The van der Waals surface area contributed by atoms with E-state index in [4.69, 9.17) is 23.9 Å². The largest absolute Gasteiger partial charge is 0.481 e. The zero-order valence-electron chi connectivity index (χ0n) is 31.5. The average Bonchev–Trinajstić information content (AvgIpc) is 3.67. The average molecular weight is 797 g/mol. The van der Waals surface area contributed by atoms with Crippen molar-refractivity contribution in [2.24, 2.45) is 0 Å². The van der Waals surface area contributed by atoms with E-state index in [9.17, 15) is 27.6 Å². The predicted molar refractivity (Wildman–Crippen MR) is 206 cm³/mol. The lowest BCUT2D eigenvalue weighted by Crippen LogP contribution is -2.41. The van der Waals surface area contributed by atoms with E-state index in [1.54, 1.807) is 25.3 Å². The van der Waals surface area contributed by atoms with Crippen LogP contribution in [0.4, 0.5) is 4.79 Å². The molecule has 0 spiro atoms. The Morgan fingerprint density at radius 1 is 0.857 bits per heavy atom. The Hall–Kier alpha value is -5.40. The molecule has 0 bridgehead atoms. The van der Waals surface area contributed by atoms with Crippen LogP contribution in [0.3, 0.4) is 0 Å². The Labute approximate surface area is 325 Å². The number of fused-ring (bicyclic) bond motifs is 4. The van der Waals surface area contributed by atoms with Crippen molar-refractivity contribution in [3.05, 3.63) is 89.7 Å². The highest BCUT2D eigenvalue weighted by atomic mass is 32.2. The molecule has 0 aliphatic heterocycles. The molecule has 0 atom stereocenters. The molecule has 17 nitrogen and oxygen atoms in total. The van der Waals surface area contributed by atoms with Gasteiger partial charge in [-0.2, -0.15) is 8.42 Å². The highest BCUT2D eigenvalue weighted by Crippen LogP contribution is 2.44. The molecule has 4 aromatic rings. The Morgan fingerprint density at radius 2 is 1.48 bits per heavy atom. The van der Waals surface area contributed by atoms with Gasteiger partial charge in [-0.3, -0.25) is 18.9 Å². The van der Waals surface area contributed by atoms with Crippen molar-refractivity contribution in [2.75, 3.05) is 66.5 Å². The summed E-state index contributed by atoms with van der Waals surface area (Å²) in [5.41, 5.74) is 6.17. The Balaban J connectivity index is 0.00000131. The van der Waals surface area contributed by atoms with Gasteiger partial charge in [-0.25, -0.2) is 19.8 Å². The summed E-state index contributed by atoms with van der Waals surface area (Å²) in [7, 11) is -0.211. The van der Waals surface area contributed by atoms with E-state index < -0.39 is 22.2 Å². The van der Waals surface area contributed by atoms with Crippen LogP contribution in [0.15, 0.2) is 72.9 Å². The van der Waals surface area contributed by atoms with Crippen LogP contribution in [-0.2, 0) is 51.8 Å². The van der Waals surface area contributed by atoms with E-state index in [1.807, 2.05) is 47.0 Å². The number of pyridine rings is 1. The molecule has 1 aliphatic rings. The highest BCUT2D eigenvalue weighted by Gasteiger charge is 2.30. The van der Waals surface area contributed by atoms with Gasteiger partial charge in [-0.15, -0.1) is 0 Å². The number of carboxylic acid groups (broad SMARTS) is 1. The first-order chi connectivity index (χ1) is 26.7. The number of carbonyl (C=O) groups excluding carboxylic acids is 3. The van der Waals surface area contributed by atoms with Crippen LogP contribution in [0.2, 0.25) is 0 Å². The fourth-order valence-electron chi connectivity index (χ4n) is 5.98. The fourth-order valence-corrected chi connectivity index (χ4v) is 5.98. The second-order valence-corrected chi connectivity index (χ2v) is 14.3. The molecule has 302 valence electrons. The molecule has 1 aliphatic carbocycles. The number of nitrogens with one attached hydrogen (secondary N) is 2. The first-order valence-electron chi connectivity index (χ1n) is 17.8. The Kier molecular flexibility index (Phi) is 16.3. The van der Waals surface area contributed by atoms with Gasteiger partial charge in [0.2, 0.25) is 11.8 Å². The second kappa shape index (κ2) is 21.1.